The summed E-state index contributed by atoms with van der Waals surface area (Å²) in [4.78, 5) is 24.1. The summed E-state index contributed by atoms with van der Waals surface area (Å²) in [6.07, 6.45) is 2.00. The standard InChI is InChI=1S/C13H17NO3S/c1-3-14(8-12(15)16)13(17)11-6-4-5-10(7-11)9-18-2/h4-7H,3,8-9H2,1-2H3,(H,15,16). The van der Waals surface area contributed by atoms with E-state index in [0.717, 1.165) is 11.3 Å². The largest absolute Gasteiger partial charge is 0.480 e. The first-order valence-electron chi connectivity index (χ1n) is 5.67. The molecular weight excluding hydrogens is 250 g/mol. The Morgan fingerprint density at radius 2 is 2.11 bits per heavy atom. The molecule has 98 valence electrons. The molecule has 4 nitrogen and oxygen atoms in total. The summed E-state index contributed by atoms with van der Waals surface area (Å²) in [5, 5.41) is 8.75. The van der Waals surface area contributed by atoms with E-state index in [9.17, 15) is 9.59 Å². The predicted octanol–water partition coefficient (Wildman–Crippen LogP) is 2.10. The highest BCUT2D eigenvalue weighted by Gasteiger charge is 2.16. The van der Waals surface area contributed by atoms with Crippen molar-refractivity contribution in [3.8, 4) is 0 Å². The lowest BCUT2D eigenvalue weighted by molar-refractivity contribution is -0.137. The first kappa shape index (κ1) is 14.6. The van der Waals surface area contributed by atoms with Crippen LogP contribution in [-0.2, 0) is 10.5 Å². The van der Waals surface area contributed by atoms with E-state index in [1.807, 2.05) is 24.5 Å². The fraction of sp³-hybridized carbons (Fsp3) is 0.385. The number of hydrogen-bond acceptors (Lipinski definition) is 3. The number of carbonyl (C=O) groups excluding carboxylic acids is 1. The Hall–Kier alpha value is -1.49. The molecule has 0 fully saturated rings. The van der Waals surface area contributed by atoms with E-state index >= 15 is 0 Å². The molecule has 0 spiro atoms. The molecule has 18 heavy (non-hydrogen) atoms. The van der Waals surface area contributed by atoms with Crippen molar-refractivity contribution >= 4 is 23.6 Å². The van der Waals surface area contributed by atoms with E-state index in [1.54, 1.807) is 24.8 Å². The summed E-state index contributed by atoms with van der Waals surface area (Å²) in [5.41, 5.74) is 1.62. The monoisotopic (exact) mass is 267 g/mol. The van der Waals surface area contributed by atoms with Crippen LogP contribution in [0.15, 0.2) is 24.3 Å². The quantitative estimate of drug-likeness (QED) is 0.857. The lowest BCUT2D eigenvalue weighted by Gasteiger charge is -2.18. The molecule has 1 aromatic rings. The minimum Gasteiger partial charge on any atom is -0.480 e. The molecule has 0 unspecified atom stereocenters. The van der Waals surface area contributed by atoms with Gasteiger partial charge in [-0.3, -0.25) is 9.59 Å². The third-order valence-corrected chi connectivity index (χ3v) is 3.10. The second-order valence-electron chi connectivity index (χ2n) is 3.85. The van der Waals surface area contributed by atoms with Gasteiger partial charge in [-0.1, -0.05) is 12.1 Å². The van der Waals surface area contributed by atoms with Crippen molar-refractivity contribution in [2.75, 3.05) is 19.3 Å². The Labute approximate surface area is 111 Å². The van der Waals surface area contributed by atoms with E-state index in [2.05, 4.69) is 0 Å². The van der Waals surface area contributed by atoms with Crippen LogP contribution in [0.5, 0.6) is 0 Å². The van der Waals surface area contributed by atoms with Crippen molar-refractivity contribution in [3.05, 3.63) is 35.4 Å². The Morgan fingerprint density at radius 1 is 1.39 bits per heavy atom. The third kappa shape index (κ3) is 4.07. The number of nitrogens with zero attached hydrogens (tertiary/aromatic N) is 1. The summed E-state index contributed by atoms with van der Waals surface area (Å²) < 4.78 is 0. The first-order chi connectivity index (χ1) is 8.58. The number of thioether (sulfide) groups is 1. The zero-order valence-corrected chi connectivity index (χ0v) is 11.4. The van der Waals surface area contributed by atoms with Gasteiger partial charge in [-0.2, -0.15) is 11.8 Å². The van der Waals surface area contributed by atoms with E-state index < -0.39 is 5.97 Å². The molecule has 0 radical (unpaired) electrons. The highest BCUT2D eigenvalue weighted by atomic mass is 32.2. The van der Waals surface area contributed by atoms with Gasteiger partial charge in [0.15, 0.2) is 0 Å². The molecule has 1 N–H and O–H groups in total. The van der Waals surface area contributed by atoms with Crippen LogP contribution in [0.25, 0.3) is 0 Å². The van der Waals surface area contributed by atoms with Gasteiger partial charge in [-0.05, 0) is 30.9 Å². The number of rotatable bonds is 6. The third-order valence-electron chi connectivity index (χ3n) is 2.48. The average Bonchev–Trinajstić information content (AvgIpc) is 2.35. The van der Waals surface area contributed by atoms with Crippen LogP contribution >= 0.6 is 11.8 Å². The molecule has 0 aliphatic heterocycles. The van der Waals surface area contributed by atoms with Gasteiger partial charge in [0.1, 0.15) is 6.54 Å². The van der Waals surface area contributed by atoms with Crippen molar-refractivity contribution in [2.24, 2.45) is 0 Å². The molecule has 0 atom stereocenters. The maximum absolute atomic E-state index is 12.1. The number of carbonyl (C=O) groups is 2. The minimum absolute atomic E-state index is 0.233. The maximum atomic E-state index is 12.1. The van der Waals surface area contributed by atoms with Gasteiger partial charge >= 0.3 is 5.97 Å². The second kappa shape index (κ2) is 7.06. The maximum Gasteiger partial charge on any atom is 0.323 e. The summed E-state index contributed by atoms with van der Waals surface area (Å²) in [5.74, 6) is -0.389. The Bertz CT molecular complexity index is 434. The number of amides is 1. The number of carboxylic acids is 1. The molecule has 1 rings (SSSR count). The smallest absolute Gasteiger partial charge is 0.323 e. The molecule has 1 aromatic carbocycles. The highest BCUT2D eigenvalue weighted by Crippen LogP contribution is 2.13. The van der Waals surface area contributed by atoms with Crippen LogP contribution in [0.3, 0.4) is 0 Å². The van der Waals surface area contributed by atoms with Crippen molar-refractivity contribution < 1.29 is 14.7 Å². The molecule has 0 heterocycles. The fourth-order valence-electron chi connectivity index (χ4n) is 1.63. The van der Waals surface area contributed by atoms with Gasteiger partial charge in [-0.25, -0.2) is 0 Å². The van der Waals surface area contributed by atoms with E-state index in [0.29, 0.717) is 12.1 Å². The van der Waals surface area contributed by atoms with Crippen molar-refractivity contribution in [1.82, 2.24) is 4.90 Å². The predicted molar refractivity (Wildman–Crippen MR) is 72.9 cm³/mol. The topological polar surface area (TPSA) is 57.6 Å². The molecule has 0 aliphatic rings. The highest BCUT2D eigenvalue weighted by molar-refractivity contribution is 7.97. The number of aliphatic carboxylic acids is 1. The number of carboxylic acid groups (broad SMARTS) is 1. The molecule has 0 aliphatic carbocycles. The number of likely N-dealkylation sites (N-methyl/N-ethyl adjacent to an activating group) is 1. The molecule has 0 saturated carbocycles. The van der Waals surface area contributed by atoms with Crippen LogP contribution in [0.2, 0.25) is 0 Å². The Balaban J connectivity index is 2.87. The SMILES string of the molecule is CCN(CC(=O)O)C(=O)c1cccc(CSC)c1. The lowest BCUT2D eigenvalue weighted by atomic mass is 10.1. The molecule has 1 amide bonds. The molecule has 5 heteroatoms. The lowest BCUT2D eigenvalue weighted by Crippen LogP contribution is -2.35. The molecule has 0 bridgehead atoms. The van der Waals surface area contributed by atoms with Crippen LogP contribution in [0.1, 0.15) is 22.8 Å². The molecular formula is C13H17NO3S. The molecule has 0 saturated heterocycles. The van der Waals surface area contributed by atoms with Crippen molar-refractivity contribution in [3.63, 3.8) is 0 Å². The van der Waals surface area contributed by atoms with Gasteiger partial charge < -0.3 is 10.0 Å². The zero-order chi connectivity index (χ0) is 13.5. The first-order valence-corrected chi connectivity index (χ1v) is 7.06. The van der Waals surface area contributed by atoms with Gasteiger partial charge in [0.05, 0.1) is 0 Å². The Morgan fingerprint density at radius 3 is 2.67 bits per heavy atom. The summed E-state index contributed by atoms with van der Waals surface area (Å²) >= 11 is 1.68. The van der Waals surface area contributed by atoms with Gasteiger partial charge in [0.2, 0.25) is 0 Å². The van der Waals surface area contributed by atoms with Crippen LogP contribution in [-0.4, -0.2) is 41.2 Å². The van der Waals surface area contributed by atoms with E-state index in [-0.39, 0.29) is 12.5 Å². The summed E-state index contributed by atoms with van der Waals surface area (Å²) in [6, 6.07) is 7.33. The average molecular weight is 267 g/mol. The normalized spacial score (nSPS) is 10.1. The minimum atomic E-state index is -0.995. The zero-order valence-electron chi connectivity index (χ0n) is 10.5. The summed E-state index contributed by atoms with van der Waals surface area (Å²) in [7, 11) is 0. The van der Waals surface area contributed by atoms with Crippen LogP contribution < -0.4 is 0 Å². The van der Waals surface area contributed by atoms with Gasteiger partial charge in [0, 0.05) is 17.9 Å². The second-order valence-corrected chi connectivity index (χ2v) is 4.71. The summed E-state index contributed by atoms with van der Waals surface area (Å²) in [6.45, 7) is 1.90. The van der Waals surface area contributed by atoms with Crippen LogP contribution in [0, 0.1) is 0 Å². The van der Waals surface area contributed by atoms with Crippen molar-refractivity contribution in [1.29, 1.82) is 0 Å². The molecule has 0 aromatic heterocycles. The van der Waals surface area contributed by atoms with Gasteiger partial charge in [0.25, 0.3) is 5.91 Å². The van der Waals surface area contributed by atoms with E-state index in [1.165, 1.54) is 4.90 Å². The number of hydrogen-bond donors (Lipinski definition) is 1. The van der Waals surface area contributed by atoms with Crippen molar-refractivity contribution in [2.45, 2.75) is 12.7 Å². The Kier molecular flexibility index (Phi) is 5.71. The van der Waals surface area contributed by atoms with E-state index in [4.69, 9.17) is 5.11 Å². The van der Waals surface area contributed by atoms with Gasteiger partial charge in [-0.15, -0.1) is 0 Å². The number of benzene rings is 1. The fourth-order valence-corrected chi connectivity index (χ4v) is 2.15. The van der Waals surface area contributed by atoms with Crippen LogP contribution in [0.4, 0.5) is 0 Å².